The van der Waals surface area contributed by atoms with Crippen LogP contribution in [0.5, 0.6) is 5.75 Å². The summed E-state index contributed by atoms with van der Waals surface area (Å²) in [5, 5.41) is 9.29. The number of aliphatic hydroxyl groups excluding tert-OH is 1. The molecule has 2 atom stereocenters. The topological polar surface area (TPSA) is 46.5 Å². The van der Waals surface area contributed by atoms with Crippen molar-refractivity contribution in [3.8, 4) is 5.75 Å². The van der Waals surface area contributed by atoms with Crippen LogP contribution in [-0.4, -0.2) is 30.8 Å². The van der Waals surface area contributed by atoms with Gasteiger partial charge < -0.3 is 14.6 Å². The zero-order valence-corrected chi connectivity index (χ0v) is 10.9. The summed E-state index contributed by atoms with van der Waals surface area (Å²) >= 11 is 0. The van der Waals surface area contributed by atoms with Crippen molar-refractivity contribution in [1.82, 2.24) is 0 Å². The predicted molar refractivity (Wildman–Crippen MR) is 63.0 cm³/mol. The maximum absolute atomic E-state index is 13.3. The number of benzene rings is 1. The number of alkyl halides is 3. The number of aliphatic hydroxyl groups is 1. The summed E-state index contributed by atoms with van der Waals surface area (Å²) in [7, 11) is 1.08. The van der Waals surface area contributed by atoms with Crippen LogP contribution >= 0.6 is 0 Å². The smallest absolute Gasteiger partial charge is 0.405 e. The number of methoxy groups -OCH3 is 1. The van der Waals surface area contributed by atoms with Gasteiger partial charge in [0, 0.05) is 11.6 Å². The first kappa shape index (κ1) is 16.4. The second-order valence-corrected chi connectivity index (χ2v) is 4.48. The number of halogens is 4. The van der Waals surface area contributed by atoms with E-state index in [2.05, 4.69) is 0 Å². The Balaban J connectivity index is 3.56. The molecule has 0 aliphatic heterocycles. The Hall–Kier alpha value is -1.63. The molecule has 0 radical (unpaired) electrons. The fraction of sp³-hybridized carbons (Fsp3) is 0.462. The van der Waals surface area contributed by atoms with Crippen LogP contribution in [0.3, 0.4) is 0 Å². The van der Waals surface area contributed by atoms with Crippen molar-refractivity contribution < 1.29 is 32.2 Å². The Labute approximate surface area is 113 Å². The van der Waals surface area contributed by atoms with Crippen molar-refractivity contribution in [2.45, 2.75) is 31.0 Å². The maximum Gasteiger partial charge on any atom is 0.405 e. The molecule has 0 aliphatic rings. The molecule has 0 spiro atoms. The largest absolute Gasteiger partial charge is 0.496 e. The zero-order chi connectivity index (χ0) is 15.6. The molecule has 1 rings (SSSR count). The lowest BCUT2D eigenvalue weighted by Crippen LogP contribution is -2.46. The van der Waals surface area contributed by atoms with Crippen LogP contribution in [0, 0.1) is 5.82 Å². The van der Waals surface area contributed by atoms with Gasteiger partial charge in [0.2, 0.25) is 0 Å². The zero-order valence-electron chi connectivity index (χ0n) is 10.9. The molecule has 0 aromatic heterocycles. The molecule has 3 nitrogen and oxygen atoms in total. The molecule has 0 saturated heterocycles. The van der Waals surface area contributed by atoms with Gasteiger partial charge in [0.15, 0.2) is 5.41 Å². The fourth-order valence-electron chi connectivity index (χ4n) is 2.06. The lowest BCUT2D eigenvalue weighted by atomic mass is 9.76. The molecule has 0 saturated carbocycles. The van der Waals surface area contributed by atoms with Gasteiger partial charge in [-0.3, -0.25) is 0 Å². The van der Waals surface area contributed by atoms with Gasteiger partial charge in [0.25, 0.3) is 0 Å². The van der Waals surface area contributed by atoms with E-state index in [1.54, 1.807) is 0 Å². The number of rotatable bonds is 5. The van der Waals surface area contributed by atoms with Crippen LogP contribution in [0.15, 0.2) is 18.2 Å². The molecule has 0 aliphatic carbocycles. The third kappa shape index (κ3) is 2.92. The van der Waals surface area contributed by atoms with E-state index in [1.165, 1.54) is 0 Å². The molecule has 0 heterocycles. The molecule has 20 heavy (non-hydrogen) atoms. The highest BCUT2D eigenvalue weighted by atomic mass is 19.4. The fourth-order valence-corrected chi connectivity index (χ4v) is 2.06. The highest BCUT2D eigenvalue weighted by molar-refractivity contribution is 5.72. The minimum atomic E-state index is -4.95. The van der Waals surface area contributed by atoms with Crippen LogP contribution in [0.1, 0.15) is 18.9 Å². The minimum absolute atomic E-state index is 0.282. The average Bonchev–Trinajstić information content (AvgIpc) is 2.34. The molecule has 0 fully saturated rings. The van der Waals surface area contributed by atoms with Crippen LogP contribution in [0.25, 0.3) is 0 Å². The van der Waals surface area contributed by atoms with E-state index in [-0.39, 0.29) is 6.29 Å². The molecule has 1 aromatic carbocycles. The van der Waals surface area contributed by atoms with Gasteiger partial charge in [-0.25, -0.2) is 4.39 Å². The van der Waals surface area contributed by atoms with E-state index < -0.39 is 41.2 Å². The Morgan fingerprint density at radius 3 is 2.40 bits per heavy atom. The Morgan fingerprint density at radius 1 is 1.40 bits per heavy atom. The van der Waals surface area contributed by atoms with E-state index in [4.69, 9.17) is 4.74 Å². The first-order chi connectivity index (χ1) is 9.17. The first-order valence-corrected chi connectivity index (χ1v) is 5.73. The van der Waals surface area contributed by atoms with Crippen LogP contribution < -0.4 is 4.74 Å². The van der Waals surface area contributed by atoms with E-state index in [1.807, 2.05) is 0 Å². The molecule has 112 valence electrons. The van der Waals surface area contributed by atoms with E-state index in [0.717, 1.165) is 32.2 Å². The second-order valence-electron chi connectivity index (χ2n) is 4.48. The summed E-state index contributed by atoms with van der Waals surface area (Å²) in [5.74, 6) is -1.18. The number of hydrogen-bond donors (Lipinski definition) is 1. The first-order valence-electron chi connectivity index (χ1n) is 5.73. The van der Waals surface area contributed by atoms with Gasteiger partial charge in [-0.05, 0) is 19.4 Å². The van der Waals surface area contributed by atoms with Gasteiger partial charge in [-0.2, -0.15) is 13.2 Å². The van der Waals surface area contributed by atoms with Gasteiger partial charge in [-0.15, -0.1) is 0 Å². The van der Waals surface area contributed by atoms with Gasteiger partial charge in [0.05, 0.1) is 13.2 Å². The van der Waals surface area contributed by atoms with Crippen molar-refractivity contribution in [3.05, 3.63) is 29.6 Å². The molecular formula is C13H14F4O3. The summed E-state index contributed by atoms with van der Waals surface area (Å²) in [6.45, 7) is 1.14. The van der Waals surface area contributed by atoms with Crippen molar-refractivity contribution in [2.24, 2.45) is 0 Å². The van der Waals surface area contributed by atoms with Crippen LogP contribution in [-0.2, 0) is 10.2 Å². The van der Waals surface area contributed by atoms with Gasteiger partial charge >= 0.3 is 6.18 Å². The minimum Gasteiger partial charge on any atom is -0.496 e. The molecule has 0 bridgehead atoms. The van der Waals surface area contributed by atoms with Gasteiger partial charge in [-0.1, -0.05) is 6.07 Å². The van der Waals surface area contributed by atoms with E-state index in [0.29, 0.717) is 0 Å². The summed E-state index contributed by atoms with van der Waals surface area (Å²) in [6, 6.07) is 2.42. The molecule has 1 N–H and O–H groups in total. The number of carbonyl (C=O) groups excluding carboxylic acids is 1. The monoisotopic (exact) mass is 294 g/mol. The standard InChI is InChI=1S/C13H14F4O3/c1-8(19)6-12(7-18,13(15,16)17)10-4-3-9(14)5-11(10)20-2/h3-5,7-8,19H,6H2,1-2H3. The maximum atomic E-state index is 13.3. The third-order valence-electron chi connectivity index (χ3n) is 2.97. The second kappa shape index (κ2) is 5.78. The van der Waals surface area contributed by atoms with E-state index in [9.17, 15) is 27.5 Å². The average molecular weight is 294 g/mol. The van der Waals surface area contributed by atoms with Crippen molar-refractivity contribution in [2.75, 3.05) is 7.11 Å². The normalized spacial score (nSPS) is 16.4. The van der Waals surface area contributed by atoms with Crippen molar-refractivity contribution in [1.29, 1.82) is 0 Å². The molecule has 1 aromatic rings. The van der Waals surface area contributed by atoms with E-state index >= 15 is 0 Å². The highest BCUT2D eigenvalue weighted by Gasteiger charge is 2.57. The summed E-state index contributed by atoms with van der Waals surface area (Å²) in [4.78, 5) is 11.2. The Bertz CT molecular complexity index is 485. The van der Waals surface area contributed by atoms with Crippen LogP contribution in [0.2, 0.25) is 0 Å². The summed E-state index contributed by atoms with van der Waals surface area (Å²) in [6.07, 6.45) is -7.48. The molecule has 7 heteroatoms. The molecule has 0 amide bonds. The summed E-state index contributed by atoms with van der Waals surface area (Å²) < 4.78 is 57.9. The predicted octanol–water partition coefficient (Wildman–Crippen LogP) is 2.60. The number of hydrogen-bond acceptors (Lipinski definition) is 3. The van der Waals surface area contributed by atoms with Crippen molar-refractivity contribution >= 4 is 6.29 Å². The number of aldehydes is 1. The lowest BCUT2D eigenvalue weighted by molar-refractivity contribution is -0.193. The third-order valence-corrected chi connectivity index (χ3v) is 2.97. The quantitative estimate of drug-likeness (QED) is 0.670. The Kier molecular flexibility index (Phi) is 4.75. The van der Waals surface area contributed by atoms with Crippen LogP contribution in [0.4, 0.5) is 17.6 Å². The molecular weight excluding hydrogens is 280 g/mol. The summed E-state index contributed by atoms with van der Waals surface area (Å²) in [5.41, 5.74) is -3.47. The SMILES string of the molecule is COc1cc(F)ccc1C(C=O)(CC(C)O)C(F)(F)F. The lowest BCUT2D eigenvalue weighted by Gasteiger charge is -2.33. The van der Waals surface area contributed by atoms with Crippen molar-refractivity contribution in [3.63, 3.8) is 0 Å². The number of carbonyl (C=O) groups is 1. The Morgan fingerprint density at radius 2 is 2.00 bits per heavy atom. The number of ether oxygens (including phenoxy) is 1. The van der Waals surface area contributed by atoms with Gasteiger partial charge in [0.1, 0.15) is 17.9 Å². The highest BCUT2D eigenvalue weighted by Crippen LogP contribution is 2.46. The molecule has 2 unspecified atom stereocenters.